The predicted octanol–water partition coefficient (Wildman–Crippen LogP) is 2.79. The Morgan fingerprint density at radius 3 is 2.54 bits per heavy atom. The van der Waals surface area contributed by atoms with Gasteiger partial charge in [-0.25, -0.2) is 0 Å². The molecule has 0 heterocycles. The SMILES string of the molecule is CCOc1cc(NC(=NC)NCCC(=O)NCc2ccccc2)ccc1OC. The van der Waals surface area contributed by atoms with Crippen LogP contribution in [-0.2, 0) is 11.3 Å². The summed E-state index contributed by atoms with van der Waals surface area (Å²) in [6.07, 6.45) is 0.348. The number of ether oxygens (including phenoxy) is 2. The highest BCUT2D eigenvalue weighted by Gasteiger charge is 2.07. The molecule has 0 unspecified atom stereocenters. The Labute approximate surface area is 166 Å². The first-order chi connectivity index (χ1) is 13.7. The lowest BCUT2D eigenvalue weighted by atomic mass is 10.2. The number of nitrogens with one attached hydrogen (secondary N) is 3. The molecule has 0 radical (unpaired) electrons. The number of hydrogen-bond donors (Lipinski definition) is 3. The van der Waals surface area contributed by atoms with Crippen molar-refractivity contribution in [3.63, 3.8) is 0 Å². The van der Waals surface area contributed by atoms with Crippen molar-refractivity contribution in [2.45, 2.75) is 19.9 Å². The summed E-state index contributed by atoms with van der Waals surface area (Å²) in [5.41, 5.74) is 1.89. The summed E-state index contributed by atoms with van der Waals surface area (Å²) in [6, 6.07) is 15.4. The second-order valence-corrected chi connectivity index (χ2v) is 5.93. The molecule has 0 aliphatic heterocycles. The van der Waals surface area contributed by atoms with Crippen LogP contribution in [0, 0.1) is 0 Å². The highest BCUT2D eigenvalue weighted by atomic mass is 16.5. The van der Waals surface area contributed by atoms with Gasteiger partial charge >= 0.3 is 0 Å². The number of carbonyl (C=O) groups is 1. The Balaban J connectivity index is 1.79. The molecule has 150 valence electrons. The van der Waals surface area contributed by atoms with Gasteiger partial charge in [-0.05, 0) is 24.6 Å². The first-order valence-corrected chi connectivity index (χ1v) is 9.25. The number of methoxy groups -OCH3 is 1. The van der Waals surface area contributed by atoms with E-state index in [1.807, 2.05) is 55.5 Å². The second-order valence-electron chi connectivity index (χ2n) is 5.93. The topological polar surface area (TPSA) is 84.0 Å². The number of nitrogens with zero attached hydrogens (tertiary/aromatic N) is 1. The summed E-state index contributed by atoms with van der Waals surface area (Å²) in [5, 5.41) is 9.22. The van der Waals surface area contributed by atoms with Crippen LogP contribution in [0.1, 0.15) is 18.9 Å². The summed E-state index contributed by atoms with van der Waals surface area (Å²) >= 11 is 0. The maximum atomic E-state index is 12.0. The van der Waals surface area contributed by atoms with E-state index in [9.17, 15) is 4.79 Å². The molecule has 0 saturated heterocycles. The quantitative estimate of drug-likeness (QED) is 0.457. The number of anilines is 1. The lowest BCUT2D eigenvalue weighted by molar-refractivity contribution is -0.121. The van der Waals surface area contributed by atoms with Gasteiger partial charge in [0.1, 0.15) is 0 Å². The molecule has 28 heavy (non-hydrogen) atoms. The highest BCUT2D eigenvalue weighted by Crippen LogP contribution is 2.30. The van der Waals surface area contributed by atoms with Crippen LogP contribution in [-0.4, -0.2) is 39.2 Å². The van der Waals surface area contributed by atoms with Gasteiger partial charge in [-0.3, -0.25) is 9.79 Å². The van der Waals surface area contributed by atoms with Crippen LogP contribution in [0.25, 0.3) is 0 Å². The smallest absolute Gasteiger partial charge is 0.222 e. The minimum atomic E-state index is -0.0186. The van der Waals surface area contributed by atoms with Crippen molar-refractivity contribution < 1.29 is 14.3 Å². The fraction of sp³-hybridized carbons (Fsp3) is 0.333. The first-order valence-electron chi connectivity index (χ1n) is 9.25. The van der Waals surface area contributed by atoms with E-state index in [2.05, 4.69) is 20.9 Å². The van der Waals surface area contributed by atoms with E-state index in [-0.39, 0.29) is 5.91 Å². The van der Waals surface area contributed by atoms with E-state index in [0.717, 1.165) is 11.3 Å². The summed E-state index contributed by atoms with van der Waals surface area (Å²) in [4.78, 5) is 16.2. The Bertz CT molecular complexity index is 778. The maximum absolute atomic E-state index is 12.0. The van der Waals surface area contributed by atoms with Gasteiger partial charge < -0.3 is 25.4 Å². The van der Waals surface area contributed by atoms with Gasteiger partial charge in [0, 0.05) is 38.3 Å². The minimum absolute atomic E-state index is 0.0186. The Morgan fingerprint density at radius 2 is 1.86 bits per heavy atom. The van der Waals surface area contributed by atoms with E-state index < -0.39 is 0 Å². The van der Waals surface area contributed by atoms with Crippen LogP contribution in [0.15, 0.2) is 53.5 Å². The zero-order valence-corrected chi connectivity index (χ0v) is 16.6. The molecule has 0 saturated carbocycles. The monoisotopic (exact) mass is 384 g/mol. The van der Waals surface area contributed by atoms with Gasteiger partial charge in [-0.2, -0.15) is 0 Å². The highest BCUT2D eigenvalue weighted by molar-refractivity contribution is 5.94. The molecule has 0 fully saturated rings. The molecule has 0 aliphatic rings. The minimum Gasteiger partial charge on any atom is -0.493 e. The zero-order valence-electron chi connectivity index (χ0n) is 16.6. The molecule has 2 aromatic rings. The lowest BCUT2D eigenvalue weighted by Gasteiger charge is -2.14. The number of rotatable bonds is 9. The fourth-order valence-electron chi connectivity index (χ4n) is 2.52. The van der Waals surface area contributed by atoms with Crippen molar-refractivity contribution in [1.29, 1.82) is 0 Å². The average Bonchev–Trinajstić information content (AvgIpc) is 2.72. The number of benzene rings is 2. The third-order valence-electron chi connectivity index (χ3n) is 3.93. The summed E-state index contributed by atoms with van der Waals surface area (Å²) in [5.74, 6) is 1.88. The Hall–Kier alpha value is -3.22. The van der Waals surface area contributed by atoms with E-state index >= 15 is 0 Å². The van der Waals surface area contributed by atoms with Crippen molar-refractivity contribution >= 4 is 17.6 Å². The van der Waals surface area contributed by atoms with Crippen molar-refractivity contribution in [2.24, 2.45) is 4.99 Å². The van der Waals surface area contributed by atoms with Gasteiger partial charge in [-0.15, -0.1) is 0 Å². The number of carbonyl (C=O) groups excluding carboxylic acids is 1. The Morgan fingerprint density at radius 1 is 1.07 bits per heavy atom. The van der Waals surface area contributed by atoms with Crippen LogP contribution in [0.4, 0.5) is 5.69 Å². The van der Waals surface area contributed by atoms with Gasteiger partial charge in [0.05, 0.1) is 13.7 Å². The predicted molar refractivity (Wildman–Crippen MR) is 112 cm³/mol. The number of guanidine groups is 1. The van der Waals surface area contributed by atoms with Crippen LogP contribution in [0.5, 0.6) is 11.5 Å². The molecule has 7 heteroatoms. The molecule has 0 aliphatic carbocycles. The van der Waals surface area contributed by atoms with Gasteiger partial charge in [0.15, 0.2) is 17.5 Å². The summed E-state index contributed by atoms with van der Waals surface area (Å²) < 4.78 is 10.9. The lowest BCUT2D eigenvalue weighted by Crippen LogP contribution is -2.34. The van der Waals surface area contributed by atoms with Gasteiger partial charge in [0.25, 0.3) is 0 Å². The molecular weight excluding hydrogens is 356 g/mol. The summed E-state index contributed by atoms with van der Waals surface area (Å²) in [6.45, 7) is 3.46. The van der Waals surface area contributed by atoms with Crippen molar-refractivity contribution in [1.82, 2.24) is 10.6 Å². The molecule has 1 amide bonds. The van der Waals surface area contributed by atoms with Gasteiger partial charge in [0.2, 0.25) is 5.91 Å². The Kier molecular flexibility index (Phi) is 8.65. The molecule has 0 bridgehead atoms. The normalized spacial score (nSPS) is 10.9. The third-order valence-corrected chi connectivity index (χ3v) is 3.93. The van der Waals surface area contributed by atoms with E-state index in [4.69, 9.17) is 9.47 Å². The molecule has 7 nitrogen and oxygen atoms in total. The first kappa shape index (κ1) is 21.1. The molecule has 0 atom stereocenters. The largest absolute Gasteiger partial charge is 0.493 e. The van der Waals surface area contributed by atoms with Crippen LogP contribution in [0.3, 0.4) is 0 Å². The molecule has 0 aromatic heterocycles. The molecule has 0 spiro atoms. The van der Waals surface area contributed by atoms with Crippen molar-refractivity contribution in [3.8, 4) is 11.5 Å². The van der Waals surface area contributed by atoms with Crippen LogP contribution >= 0.6 is 0 Å². The molecule has 3 N–H and O–H groups in total. The molecule has 2 rings (SSSR count). The van der Waals surface area contributed by atoms with Gasteiger partial charge in [-0.1, -0.05) is 30.3 Å². The van der Waals surface area contributed by atoms with Crippen LogP contribution in [0.2, 0.25) is 0 Å². The van der Waals surface area contributed by atoms with Crippen molar-refractivity contribution in [3.05, 3.63) is 54.1 Å². The van der Waals surface area contributed by atoms with E-state index in [1.54, 1.807) is 14.2 Å². The fourth-order valence-corrected chi connectivity index (χ4v) is 2.52. The third kappa shape index (κ3) is 6.83. The molecular formula is C21H28N4O3. The summed E-state index contributed by atoms with van der Waals surface area (Å²) in [7, 11) is 3.28. The number of aliphatic imine (C=N–C) groups is 1. The number of hydrogen-bond acceptors (Lipinski definition) is 4. The standard InChI is InChI=1S/C21H28N4O3/c1-4-28-19-14-17(10-11-18(19)27-3)25-21(22-2)23-13-12-20(26)24-15-16-8-6-5-7-9-16/h5-11,14H,4,12-13,15H2,1-3H3,(H,24,26)(H2,22,23,25). The molecule has 2 aromatic carbocycles. The van der Waals surface area contributed by atoms with Crippen LogP contribution < -0.4 is 25.4 Å². The average molecular weight is 384 g/mol. The number of amides is 1. The maximum Gasteiger partial charge on any atom is 0.222 e. The second kappa shape index (κ2) is 11.5. The van der Waals surface area contributed by atoms with Crippen molar-refractivity contribution in [2.75, 3.05) is 32.6 Å². The van der Waals surface area contributed by atoms with E-state index in [1.165, 1.54) is 0 Å². The van der Waals surface area contributed by atoms with E-state index in [0.29, 0.717) is 43.6 Å². The zero-order chi connectivity index (χ0) is 20.2.